The van der Waals surface area contributed by atoms with E-state index >= 15 is 0 Å². The number of ketones is 1. The van der Waals surface area contributed by atoms with Crippen molar-refractivity contribution in [1.29, 1.82) is 0 Å². The highest BCUT2D eigenvalue weighted by molar-refractivity contribution is 6.06. The number of Topliss-reactive ketones (excluding diaryl/α,β-unsaturated/α-hetero) is 1. The summed E-state index contributed by atoms with van der Waals surface area (Å²) in [6.45, 7) is 1.73. The molecule has 14 heavy (non-hydrogen) atoms. The molecule has 1 aromatic carbocycles. The second-order valence-corrected chi connectivity index (χ2v) is 3.01. The van der Waals surface area contributed by atoms with Crippen LogP contribution >= 0.6 is 0 Å². The molecule has 0 unspecified atom stereocenters. The Morgan fingerprint density at radius 3 is 3.07 bits per heavy atom. The van der Waals surface area contributed by atoms with Crippen LogP contribution in [0.25, 0.3) is 11.1 Å². The van der Waals surface area contributed by atoms with Crippen LogP contribution in [0, 0.1) is 6.92 Å². The molecule has 0 aliphatic heterocycles. The molecule has 2 rings (SSSR count). The molecule has 1 heterocycles. The molecule has 4 heteroatoms. The summed E-state index contributed by atoms with van der Waals surface area (Å²) in [6.07, 6.45) is 0. The van der Waals surface area contributed by atoms with Crippen molar-refractivity contribution in [3.8, 4) is 0 Å². The van der Waals surface area contributed by atoms with Crippen LogP contribution in [0.4, 0.5) is 0 Å². The fourth-order valence-corrected chi connectivity index (χ4v) is 1.39. The molecule has 0 saturated carbocycles. The number of aromatic nitrogens is 1. The zero-order valence-electron chi connectivity index (χ0n) is 7.78. The Labute approximate surface area is 80.7 Å². The average Bonchev–Trinajstić information content (AvgIpc) is 2.56. The van der Waals surface area contributed by atoms with E-state index in [4.69, 9.17) is 10.2 Å². The standard InChI is InChI=1S/C10H10N2O2/c1-6-12-8-4-2-3-7(9(13)5-11)10(8)14-6/h2-4H,5,11H2,1H3. The number of oxazole rings is 1. The van der Waals surface area contributed by atoms with Gasteiger partial charge >= 0.3 is 0 Å². The van der Waals surface area contributed by atoms with Gasteiger partial charge in [-0.15, -0.1) is 0 Å². The Hall–Kier alpha value is -1.68. The first-order valence-corrected chi connectivity index (χ1v) is 4.32. The van der Waals surface area contributed by atoms with Gasteiger partial charge < -0.3 is 10.2 Å². The molecule has 0 spiro atoms. The summed E-state index contributed by atoms with van der Waals surface area (Å²) in [5.74, 6) is 0.420. The molecule has 1 aromatic heterocycles. The minimum Gasteiger partial charge on any atom is -0.440 e. The van der Waals surface area contributed by atoms with Crippen LogP contribution in [0.15, 0.2) is 22.6 Å². The number of nitrogens with two attached hydrogens (primary N) is 1. The van der Waals surface area contributed by atoms with Crippen molar-refractivity contribution in [2.24, 2.45) is 5.73 Å². The van der Waals surface area contributed by atoms with Gasteiger partial charge in [-0.25, -0.2) is 4.98 Å². The van der Waals surface area contributed by atoms with Crippen LogP contribution in [0.5, 0.6) is 0 Å². The Morgan fingerprint density at radius 1 is 1.57 bits per heavy atom. The summed E-state index contributed by atoms with van der Waals surface area (Å²) in [5, 5.41) is 0. The monoisotopic (exact) mass is 190 g/mol. The third-order valence-corrected chi connectivity index (χ3v) is 2.01. The topological polar surface area (TPSA) is 69.1 Å². The molecule has 0 radical (unpaired) electrons. The zero-order chi connectivity index (χ0) is 10.1. The first-order valence-electron chi connectivity index (χ1n) is 4.32. The average molecular weight is 190 g/mol. The highest BCUT2D eigenvalue weighted by atomic mass is 16.3. The Morgan fingerprint density at radius 2 is 2.36 bits per heavy atom. The third kappa shape index (κ3) is 1.29. The number of carbonyl (C=O) groups is 1. The lowest BCUT2D eigenvalue weighted by Gasteiger charge is -1.96. The molecule has 0 amide bonds. The number of rotatable bonds is 2. The molecule has 4 nitrogen and oxygen atoms in total. The van der Waals surface area contributed by atoms with E-state index in [1.807, 2.05) is 0 Å². The van der Waals surface area contributed by atoms with Gasteiger partial charge in [-0.1, -0.05) is 6.07 Å². The summed E-state index contributed by atoms with van der Waals surface area (Å²) in [5.41, 5.74) is 7.02. The predicted octanol–water partition coefficient (Wildman–Crippen LogP) is 1.28. The van der Waals surface area contributed by atoms with Crippen LogP contribution < -0.4 is 5.73 Å². The Kier molecular flexibility index (Phi) is 2.05. The van der Waals surface area contributed by atoms with Crippen molar-refractivity contribution >= 4 is 16.9 Å². The molecule has 0 atom stereocenters. The maximum atomic E-state index is 11.4. The van der Waals surface area contributed by atoms with E-state index in [9.17, 15) is 4.79 Å². The zero-order valence-corrected chi connectivity index (χ0v) is 7.78. The van der Waals surface area contributed by atoms with E-state index in [1.165, 1.54) is 0 Å². The summed E-state index contributed by atoms with van der Waals surface area (Å²) in [7, 11) is 0. The lowest BCUT2D eigenvalue weighted by molar-refractivity contribution is 0.100. The number of nitrogens with zero attached hydrogens (tertiary/aromatic N) is 1. The second kappa shape index (κ2) is 3.23. The Balaban J connectivity index is 2.70. The van der Waals surface area contributed by atoms with Crippen LogP contribution in [-0.4, -0.2) is 17.3 Å². The first kappa shape index (κ1) is 8.90. The summed E-state index contributed by atoms with van der Waals surface area (Å²) in [6, 6.07) is 5.27. The smallest absolute Gasteiger partial charge is 0.192 e. The molecule has 2 aromatic rings. The number of fused-ring (bicyclic) bond motifs is 1. The molecule has 72 valence electrons. The fraction of sp³-hybridized carbons (Fsp3) is 0.200. The van der Waals surface area contributed by atoms with Gasteiger partial charge in [0.25, 0.3) is 0 Å². The molecule has 0 bridgehead atoms. The van der Waals surface area contributed by atoms with Gasteiger partial charge in [-0.2, -0.15) is 0 Å². The quantitative estimate of drug-likeness (QED) is 0.724. The third-order valence-electron chi connectivity index (χ3n) is 2.01. The largest absolute Gasteiger partial charge is 0.440 e. The minimum absolute atomic E-state index is 0.0150. The lowest BCUT2D eigenvalue weighted by atomic mass is 10.1. The summed E-state index contributed by atoms with van der Waals surface area (Å²) < 4.78 is 5.33. The van der Waals surface area contributed by atoms with Crippen LogP contribution in [-0.2, 0) is 0 Å². The van der Waals surface area contributed by atoms with Gasteiger partial charge in [0.1, 0.15) is 5.52 Å². The van der Waals surface area contributed by atoms with Crippen molar-refractivity contribution in [2.45, 2.75) is 6.92 Å². The van der Waals surface area contributed by atoms with Gasteiger partial charge in [-0.05, 0) is 12.1 Å². The number of hydrogen-bond donors (Lipinski definition) is 1. The van der Waals surface area contributed by atoms with Gasteiger partial charge in [0.15, 0.2) is 17.3 Å². The van der Waals surface area contributed by atoms with Crippen molar-refractivity contribution in [3.63, 3.8) is 0 Å². The van der Waals surface area contributed by atoms with E-state index in [1.54, 1.807) is 25.1 Å². The van der Waals surface area contributed by atoms with E-state index < -0.39 is 0 Å². The lowest BCUT2D eigenvalue weighted by Crippen LogP contribution is -2.13. The van der Waals surface area contributed by atoms with Gasteiger partial charge in [0.05, 0.1) is 12.1 Å². The molecule has 0 aliphatic carbocycles. The van der Waals surface area contributed by atoms with Crippen molar-refractivity contribution < 1.29 is 9.21 Å². The predicted molar refractivity (Wildman–Crippen MR) is 52.1 cm³/mol. The SMILES string of the molecule is Cc1nc2cccc(C(=O)CN)c2o1. The maximum absolute atomic E-state index is 11.4. The Bertz CT molecular complexity index is 488. The number of hydrogen-bond acceptors (Lipinski definition) is 4. The van der Waals surface area contributed by atoms with Gasteiger partial charge in [0.2, 0.25) is 0 Å². The second-order valence-electron chi connectivity index (χ2n) is 3.01. The fourth-order valence-electron chi connectivity index (χ4n) is 1.39. The molecule has 0 fully saturated rings. The van der Waals surface area contributed by atoms with Gasteiger partial charge in [-0.3, -0.25) is 4.79 Å². The number of para-hydroxylation sites is 1. The molecule has 0 saturated heterocycles. The first-order chi connectivity index (χ1) is 6.72. The van der Waals surface area contributed by atoms with Crippen LogP contribution in [0.1, 0.15) is 16.2 Å². The summed E-state index contributed by atoms with van der Waals surface area (Å²) >= 11 is 0. The minimum atomic E-state index is -0.133. The van der Waals surface area contributed by atoms with Crippen LogP contribution in [0.2, 0.25) is 0 Å². The molecular formula is C10H10N2O2. The maximum Gasteiger partial charge on any atom is 0.192 e. The molecular weight excluding hydrogens is 180 g/mol. The van der Waals surface area contributed by atoms with E-state index in [0.29, 0.717) is 22.6 Å². The molecule has 2 N–H and O–H groups in total. The highest BCUT2D eigenvalue weighted by Crippen LogP contribution is 2.19. The van der Waals surface area contributed by atoms with Crippen LogP contribution in [0.3, 0.4) is 0 Å². The molecule has 0 aliphatic rings. The normalized spacial score (nSPS) is 10.7. The van der Waals surface area contributed by atoms with Gasteiger partial charge in [0, 0.05) is 6.92 Å². The van der Waals surface area contributed by atoms with E-state index in [2.05, 4.69) is 4.98 Å². The van der Waals surface area contributed by atoms with Crippen molar-refractivity contribution in [3.05, 3.63) is 29.7 Å². The van der Waals surface area contributed by atoms with E-state index in [0.717, 1.165) is 0 Å². The number of aryl methyl sites for hydroxylation is 1. The number of benzene rings is 1. The highest BCUT2D eigenvalue weighted by Gasteiger charge is 2.12. The number of carbonyl (C=O) groups excluding carboxylic acids is 1. The summed E-state index contributed by atoms with van der Waals surface area (Å²) in [4.78, 5) is 15.6. The van der Waals surface area contributed by atoms with Crippen molar-refractivity contribution in [1.82, 2.24) is 4.98 Å². The van der Waals surface area contributed by atoms with Crippen molar-refractivity contribution in [2.75, 3.05) is 6.54 Å². The van der Waals surface area contributed by atoms with E-state index in [-0.39, 0.29) is 12.3 Å².